The number of benzene rings is 1. The van der Waals surface area contributed by atoms with Gasteiger partial charge in [0.1, 0.15) is 11.9 Å². The molecule has 1 aliphatic heterocycles. The number of piperazine rings is 1. The van der Waals surface area contributed by atoms with Crippen molar-refractivity contribution in [2.24, 2.45) is 5.92 Å². The van der Waals surface area contributed by atoms with Gasteiger partial charge < -0.3 is 4.90 Å². The van der Waals surface area contributed by atoms with E-state index >= 15 is 0 Å². The maximum Gasteiger partial charge on any atom is 0.124 e. The molecule has 1 saturated heterocycles. The van der Waals surface area contributed by atoms with Crippen molar-refractivity contribution in [1.29, 1.82) is 5.26 Å². The minimum Gasteiger partial charge on any atom is -0.368 e. The maximum absolute atomic E-state index is 13.1. The van der Waals surface area contributed by atoms with Crippen molar-refractivity contribution in [3.63, 3.8) is 0 Å². The van der Waals surface area contributed by atoms with Crippen molar-refractivity contribution in [2.45, 2.75) is 13.8 Å². The molecular weight excluding hydrogens is 241 g/mol. The van der Waals surface area contributed by atoms with E-state index in [0.717, 1.165) is 38.4 Å². The summed E-state index contributed by atoms with van der Waals surface area (Å²) in [7, 11) is 0. The highest BCUT2D eigenvalue weighted by atomic mass is 19.1. The van der Waals surface area contributed by atoms with Crippen LogP contribution in [0.5, 0.6) is 0 Å². The van der Waals surface area contributed by atoms with Gasteiger partial charge in [-0.2, -0.15) is 5.26 Å². The zero-order chi connectivity index (χ0) is 13.8. The van der Waals surface area contributed by atoms with Crippen LogP contribution < -0.4 is 4.90 Å². The van der Waals surface area contributed by atoms with Gasteiger partial charge in [0, 0.05) is 32.7 Å². The monoisotopic (exact) mass is 261 g/mol. The minimum atomic E-state index is -0.348. The van der Waals surface area contributed by atoms with E-state index in [1.165, 1.54) is 12.1 Å². The van der Waals surface area contributed by atoms with E-state index in [9.17, 15) is 4.39 Å². The molecule has 0 amide bonds. The van der Waals surface area contributed by atoms with Crippen LogP contribution >= 0.6 is 0 Å². The van der Waals surface area contributed by atoms with Crippen LogP contribution in [-0.4, -0.2) is 37.6 Å². The lowest BCUT2D eigenvalue weighted by Gasteiger charge is -2.37. The average Bonchev–Trinajstić information content (AvgIpc) is 2.39. The molecule has 3 nitrogen and oxygen atoms in total. The summed E-state index contributed by atoms with van der Waals surface area (Å²) in [6, 6.07) is 6.54. The van der Waals surface area contributed by atoms with Gasteiger partial charge in [0.15, 0.2) is 0 Å². The fourth-order valence-electron chi connectivity index (χ4n) is 2.56. The van der Waals surface area contributed by atoms with E-state index in [4.69, 9.17) is 5.26 Å². The molecule has 1 aromatic carbocycles. The zero-order valence-corrected chi connectivity index (χ0v) is 11.6. The molecule has 102 valence electrons. The molecule has 0 saturated carbocycles. The van der Waals surface area contributed by atoms with E-state index in [1.807, 2.05) is 0 Å². The number of rotatable bonds is 3. The Hall–Kier alpha value is -1.60. The second-order valence-corrected chi connectivity index (χ2v) is 5.45. The molecule has 19 heavy (non-hydrogen) atoms. The molecular formula is C15H20FN3. The Labute approximate surface area is 114 Å². The molecule has 4 heteroatoms. The summed E-state index contributed by atoms with van der Waals surface area (Å²) >= 11 is 0. The molecule has 0 N–H and O–H groups in total. The second-order valence-electron chi connectivity index (χ2n) is 5.45. The van der Waals surface area contributed by atoms with Gasteiger partial charge in [0.25, 0.3) is 0 Å². The van der Waals surface area contributed by atoms with E-state index in [0.29, 0.717) is 11.5 Å². The van der Waals surface area contributed by atoms with Gasteiger partial charge in [0.05, 0.1) is 11.3 Å². The Morgan fingerprint density at radius 3 is 2.53 bits per heavy atom. The van der Waals surface area contributed by atoms with Gasteiger partial charge in [-0.25, -0.2) is 4.39 Å². The SMILES string of the molecule is CC(C)CN1CCN(c2ccc(F)cc2C#N)CC1. The van der Waals surface area contributed by atoms with Crippen LogP contribution in [0.15, 0.2) is 18.2 Å². The molecule has 1 heterocycles. The number of halogens is 1. The van der Waals surface area contributed by atoms with E-state index in [2.05, 4.69) is 29.7 Å². The highest BCUT2D eigenvalue weighted by Crippen LogP contribution is 2.22. The van der Waals surface area contributed by atoms with Crippen molar-refractivity contribution < 1.29 is 4.39 Å². The molecule has 1 aliphatic rings. The predicted octanol–water partition coefficient (Wildman–Crippen LogP) is 2.48. The molecule has 0 aromatic heterocycles. The Kier molecular flexibility index (Phi) is 4.39. The number of hydrogen-bond donors (Lipinski definition) is 0. The second kappa shape index (κ2) is 6.03. The third kappa shape index (κ3) is 3.45. The molecule has 1 fully saturated rings. The lowest BCUT2D eigenvalue weighted by atomic mass is 10.1. The topological polar surface area (TPSA) is 30.3 Å². The summed E-state index contributed by atoms with van der Waals surface area (Å²) in [5, 5.41) is 9.09. The first-order valence-corrected chi connectivity index (χ1v) is 6.77. The zero-order valence-electron chi connectivity index (χ0n) is 11.6. The standard InChI is InChI=1S/C15H20FN3/c1-12(2)11-18-5-7-19(8-6-18)15-4-3-14(16)9-13(15)10-17/h3-4,9,12H,5-8,11H2,1-2H3. The molecule has 0 atom stereocenters. The summed E-state index contributed by atoms with van der Waals surface area (Å²) in [5.74, 6) is 0.325. The predicted molar refractivity (Wildman–Crippen MR) is 74.6 cm³/mol. The minimum absolute atomic E-state index is 0.348. The maximum atomic E-state index is 13.1. The Morgan fingerprint density at radius 2 is 1.95 bits per heavy atom. The molecule has 0 bridgehead atoms. The highest BCUT2D eigenvalue weighted by Gasteiger charge is 2.19. The van der Waals surface area contributed by atoms with Crippen LogP contribution in [0.3, 0.4) is 0 Å². The molecule has 1 aromatic rings. The highest BCUT2D eigenvalue weighted by molar-refractivity contribution is 5.59. The normalized spacial score (nSPS) is 16.7. The van der Waals surface area contributed by atoms with Crippen LogP contribution in [0, 0.1) is 23.1 Å². The Morgan fingerprint density at radius 1 is 1.26 bits per heavy atom. The van der Waals surface area contributed by atoms with Crippen molar-refractivity contribution >= 4 is 5.69 Å². The fraction of sp³-hybridized carbons (Fsp3) is 0.533. The van der Waals surface area contributed by atoms with Crippen LogP contribution in [0.25, 0.3) is 0 Å². The van der Waals surface area contributed by atoms with Crippen molar-refractivity contribution in [3.05, 3.63) is 29.6 Å². The largest absolute Gasteiger partial charge is 0.368 e. The van der Waals surface area contributed by atoms with Gasteiger partial charge >= 0.3 is 0 Å². The molecule has 0 unspecified atom stereocenters. The third-order valence-electron chi connectivity index (χ3n) is 3.42. The van der Waals surface area contributed by atoms with Gasteiger partial charge in [0.2, 0.25) is 0 Å². The number of nitriles is 1. The Bertz CT molecular complexity index is 471. The lowest BCUT2D eigenvalue weighted by molar-refractivity contribution is 0.231. The fourth-order valence-corrected chi connectivity index (χ4v) is 2.56. The summed E-state index contributed by atoms with van der Waals surface area (Å²) in [6.45, 7) is 9.35. The van der Waals surface area contributed by atoms with Crippen LogP contribution in [0.4, 0.5) is 10.1 Å². The third-order valence-corrected chi connectivity index (χ3v) is 3.42. The van der Waals surface area contributed by atoms with Crippen LogP contribution in [0.1, 0.15) is 19.4 Å². The molecule has 0 radical (unpaired) electrons. The van der Waals surface area contributed by atoms with Crippen molar-refractivity contribution in [1.82, 2.24) is 4.90 Å². The van der Waals surface area contributed by atoms with Gasteiger partial charge in [-0.15, -0.1) is 0 Å². The first-order valence-electron chi connectivity index (χ1n) is 6.77. The van der Waals surface area contributed by atoms with Gasteiger partial charge in [-0.05, 0) is 24.1 Å². The quantitative estimate of drug-likeness (QED) is 0.837. The summed E-state index contributed by atoms with van der Waals surface area (Å²) in [4.78, 5) is 4.62. The molecule has 0 spiro atoms. The van der Waals surface area contributed by atoms with Crippen molar-refractivity contribution in [3.8, 4) is 6.07 Å². The number of hydrogen-bond acceptors (Lipinski definition) is 3. The van der Waals surface area contributed by atoms with Crippen LogP contribution in [-0.2, 0) is 0 Å². The summed E-state index contributed by atoms with van der Waals surface area (Å²) in [6.07, 6.45) is 0. The van der Waals surface area contributed by atoms with E-state index < -0.39 is 0 Å². The van der Waals surface area contributed by atoms with Gasteiger partial charge in [-0.3, -0.25) is 4.90 Å². The average molecular weight is 261 g/mol. The first-order chi connectivity index (χ1) is 9.10. The molecule has 2 rings (SSSR count). The smallest absolute Gasteiger partial charge is 0.124 e. The van der Waals surface area contributed by atoms with E-state index in [1.54, 1.807) is 6.07 Å². The first kappa shape index (κ1) is 13.8. The van der Waals surface area contributed by atoms with E-state index in [-0.39, 0.29) is 5.82 Å². The molecule has 0 aliphatic carbocycles. The lowest BCUT2D eigenvalue weighted by Crippen LogP contribution is -2.47. The van der Waals surface area contributed by atoms with Gasteiger partial charge in [-0.1, -0.05) is 13.8 Å². The van der Waals surface area contributed by atoms with Crippen molar-refractivity contribution in [2.75, 3.05) is 37.6 Å². The summed E-state index contributed by atoms with van der Waals surface area (Å²) < 4.78 is 13.1. The number of nitrogens with zero attached hydrogens (tertiary/aromatic N) is 3. The Balaban J connectivity index is 2.04. The summed E-state index contributed by atoms with van der Waals surface area (Å²) in [5.41, 5.74) is 1.28. The van der Waals surface area contributed by atoms with Crippen LogP contribution in [0.2, 0.25) is 0 Å². The number of anilines is 1.